The highest BCUT2D eigenvalue weighted by atomic mass is 32.2. The maximum Gasteiger partial charge on any atom is 0.322 e. The molecule has 3 heterocycles. The first-order valence-corrected chi connectivity index (χ1v) is 8.00. The Kier molecular flexibility index (Phi) is 3.81. The van der Waals surface area contributed by atoms with Crippen LogP contribution in [0.5, 0.6) is 0 Å². The lowest BCUT2D eigenvalue weighted by atomic mass is 9.88. The molecule has 1 spiro atoms. The molecule has 2 aliphatic heterocycles. The zero-order valence-electron chi connectivity index (χ0n) is 12.2. The van der Waals surface area contributed by atoms with Gasteiger partial charge in [-0.3, -0.25) is 19.6 Å². The predicted octanol–water partition coefficient (Wildman–Crippen LogP) is -0.287. The van der Waals surface area contributed by atoms with Crippen molar-refractivity contribution in [2.75, 3.05) is 18.8 Å². The van der Waals surface area contributed by atoms with Crippen LogP contribution in [0.25, 0.3) is 0 Å². The Bertz CT molecular complexity index is 621. The topological polar surface area (TPSA) is 96.3 Å². The standard InChI is InChI=1S/C13H17N5O3S/c1-17-7-9(6-14-17)22-8-10(19)18-4-2-13(3-5-18)11(20)15-12(21)16-13/h6-7H,2-5,8H2,1H3,(H2,15,16,20,21). The normalized spacial score (nSPS) is 20.1. The number of piperidine rings is 1. The Morgan fingerprint density at radius 2 is 2.14 bits per heavy atom. The van der Waals surface area contributed by atoms with Crippen molar-refractivity contribution in [1.82, 2.24) is 25.3 Å². The number of nitrogens with zero attached hydrogens (tertiary/aromatic N) is 3. The van der Waals surface area contributed by atoms with Gasteiger partial charge in [0.1, 0.15) is 5.54 Å². The highest BCUT2D eigenvalue weighted by molar-refractivity contribution is 8.00. The van der Waals surface area contributed by atoms with Gasteiger partial charge in [0, 0.05) is 31.2 Å². The van der Waals surface area contributed by atoms with Gasteiger partial charge in [0.15, 0.2) is 0 Å². The van der Waals surface area contributed by atoms with Crippen LogP contribution in [-0.4, -0.2) is 56.9 Å². The van der Waals surface area contributed by atoms with Gasteiger partial charge >= 0.3 is 6.03 Å². The van der Waals surface area contributed by atoms with Gasteiger partial charge in [-0.2, -0.15) is 5.10 Å². The lowest BCUT2D eigenvalue weighted by Crippen LogP contribution is -2.56. The molecule has 0 radical (unpaired) electrons. The van der Waals surface area contributed by atoms with E-state index in [0.717, 1.165) is 4.90 Å². The monoisotopic (exact) mass is 323 g/mol. The molecule has 0 aliphatic carbocycles. The molecule has 0 bridgehead atoms. The number of hydrogen-bond acceptors (Lipinski definition) is 5. The number of rotatable bonds is 3. The fourth-order valence-electron chi connectivity index (χ4n) is 2.73. The van der Waals surface area contributed by atoms with E-state index in [0.29, 0.717) is 31.7 Å². The Balaban J connectivity index is 1.52. The van der Waals surface area contributed by atoms with Crippen LogP contribution in [-0.2, 0) is 16.6 Å². The van der Waals surface area contributed by atoms with Crippen LogP contribution in [0.15, 0.2) is 17.3 Å². The summed E-state index contributed by atoms with van der Waals surface area (Å²) in [7, 11) is 1.83. The first-order chi connectivity index (χ1) is 10.5. The summed E-state index contributed by atoms with van der Waals surface area (Å²) in [6, 6.07) is -0.447. The average molecular weight is 323 g/mol. The Morgan fingerprint density at radius 1 is 1.41 bits per heavy atom. The first-order valence-electron chi connectivity index (χ1n) is 7.01. The predicted molar refractivity (Wildman–Crippen MR) is 79.2 cm³/mol. The van der Waals surface area contributed by atoms with Gasteiger partial charge in [-0.25, -0.2) is 4.79 Å². The van der Waals surface area contributed by atoms with Crippen molar-refractivity contribution in [1.29, 1.82) is 0 Å². The van der Waals surface area contributed by atoms with Crippen LogP contribution in [0.4, 0.5) is 4.79 Å². The van der Waals surface area contributed by atoms with Crippen molar-refractivity contribution in [2.45, 2.75) is 23.3 Å². The fourth-order valence-corrected chi connectivity index (χ4v) is 3.55. The minimum Gasteiger partial charge on any atom is -0.342 e. The molecule has 8 nitrogen and oxygen atoms in total. The van der Waals surface area contributed by atoms with Crippen LogP contribution >= 0.6 is 11.8 Å². The number of hydrogen-bond donors (Lipinski definition) is 2. The summed E-state index contributed by atoms with van der Waals surface area (Å²) in [5, 5.41) is 9.01. The molecule has 2 aliphatic rings. The molecule has 0 aromatic carbocycles. The molecule has 4 amide bonds. The lowest BCUT2D eigenvalue weighted by Gasteiger charge is -2.36. The molecular weight excluding hydrogens is 306 g/mol. The van der Waals surface area contributed by atoms with Crippen molar-refractivity contribution in [2.24, 2.45) is 7.05 Å². The maximum absolute atomic E-state index is 12.2. The highest BCUT2D eigenvalue weighted by Crippen LogP contribution is 2.26. The van der Waals surface area contributed by atoms with E-state index in [9.17, 15) is 14.4 Å². The third-order valence-electron chi connectivity index (χ3n) is 4.03. The number of thioether (sulfide) groups is 1. The van der Waals surface area contributed by atoms with Crippen LogP contribution in [0.2, 0.25) is 0 Å². The third-order valence-corrected chi connectivity index (χ3v) is 4.96. The van der Waals surface area contributed by atoms with Crippen LogP contribution in [0, 0.1) is 0 Å². The summed E-state index contributed by atoms with van der Waals surface area (Å²) in [5.41, 5.74) is -0.829. The second-order valence-corrected chi connectivity index (χ2v) is 6.56. The number of aromatic nitrogens is 2. The zero-order valence-corrected chi connectivity index (χ0v) is 13.0. The molecule has 0 saturated carbocycles. The molecule has 0 unspecified atom stereocenters. The summed E-state index contributed by atoms with van der Waals surface area (Å²) in [5.74, 6) is 0.0971. The van der Waals surface area contributed by atoms with Crippen molar-refractivity contribution in [3.8, 4) is 0 Å². The van der Waals surface area contributed by atoms with E-state index in [4.69, 9.17) is 0 Å². The average Bonchev–Trinajstić information content (AvgIpc) is 3.01. The van der Waals surface area contributed by atoms with E-state index in [2.05, 4.69) is 15.7 Å². The van der Waals surface area contributed by atoms with E-state index < -0.39 is 11.6 Å². The van der Waals surface area contributed by atoms with Gasteiger partial charge < -0.3 is 10.2 Å². The van der Waals surface area contributed by atoms with Crippen molar-refractivity contribution < 1.29 is 14.4 Å². The quantitative estimate of drug-likeness (QED) is 0.589. The summed E-state index contributed by atoms with van der Waals surface area (Å²) < 4.78 is 1.69. The number of aryl methyl sites for hydroxylation is 1. The molecule has 3 rings (SSSR count). The number of urea groups is 1. The van der Waals surface area contributed by atoms with E-state index in [1.165, 1.54) is 11.8 Å². The molecule has 1 aromatic rings. The van der Waals surface area contributed by atoms with Gasteiger partial charge in [-0.15, -0.1) is 11.8 Å². The molecule has 118 valence electrons. The molecule has 22 heavy (non-hydrogen) atoms. The summed E-state index contributed by atoms with van der Waals surface area (Å²) in [6.45, 7) is 0.945. The third kappa shape index (κ3) is 2.80. The number of nitrogens with one attached hydrogen (secondary N) is 2. The van der Waals surface area contributed by atoms with Crippen LogP contribution in [0.3, 0.4) is 0 Å². The largest absolute Gasteiger partial charge is 0.342 e. The summed E-state index contributed by atoms with van der Waals surface area (Å²) in [6.07, 6.45) is 4.49. The Labute approximate surface area is 131 Å². The molecule has 2 N–H and O–H groups in total. The lowest BCUT2D eigenvalue weighted by molar-refractivity contribution is -0.133. The number of carbonyl (C=O) groups is 3. The number of amides is 4. The SMILES string of the molecule is Cn1cc(SCC(=O)N2CCC3(CC2)NC(=O)NC3=O)cn1. The minimum atomic E-state index is -0.829. The van der Waals surface area contributed by atoms with Gasteiger partial charge in [0.05, 0.1) is 11.9 Å². The molecule has 0 atom stereocenters. The second-order valence-electron chi connectivity index (χ2n) is 5.51. The van der Waals surface area contributed by atoms with E-state index in [-0.39, 0.29) is 11.8 Å². The maximum atomic E-state index is 12.2. The van der Waals surface area contributed by atoms with E-state index >= 15 is 0 Å². The van der Waals surface area contributed by atoms with Gasteiger partial charge in [0.2, 0.25) is 5.91 Å². The zero-order chi connectivity index (χ0) is 15.7. The van der Waals surface area contributed by atoms with Crippen molar-refractivity contribution in [3.63, 3.8) is 0 Å². The molecular formula is C13H17N5O3S. The second kappa shape index (κ2) is 5.64. The number of imide groups is 1. The summed E-state index contributed by atoms with van der Waals surface area (Å²) >= 11 is 1.44. The van der Waals surface area contributed by atoms with Gasteiger partial charge in [-0.1, -0.05) is 0 Å². The van der Waals surface area contributed by atoms with E-state index in [1.54, 1.807) is 15.8 Å². The minimum absolute atomic E-state index is 0.0356. The van der Waals surface area contributed by atoms with Crippen molar-refractivity contribution >= 4 is 29.6 Å². The Morgan fingerprint density at radius 3 is 2.68 bits per heavy atom. The highest BCUT2D eigenvalue weighted by Gasteiger charge is 2.48. The molecule has 1 aromatic heterocycles. The van der Waals surface area contributed by atoms with E-state index in [1.807, 2.05) is 13.2 Å². The number of carbonyl (C=O) groups excluding carboxylic acids is 3. The molecule has 2 saturated heterocycles. The smallest absolute Gasteiger partial charge is 0.322 e. The van der Waals surface area contributed by atoms with Crippen molar-refractivity contribution in [3.05, 3.63) is 12.4 Å². The van der Waals surface area contributed by atoms with Crippen LogP contribution in [0.1, 0.15) is 12.8 Å². The fraction of sp³-hybridized carbons (Fsp3) is 0.538. The molecule has 2 fully saturated rings. The summed E-state index contributed by atoms with van der Waals surface area (Å²) in [4.78, 5) is 38.0. The molecule has 9 heteroatoms. The van der Waals surface area contributed by atoms with Crippen LogP contribution < -0.4 is 10.6 Å². The van der Waals surface area contributed by atoms with Gasteiger partial charge in [0.25, 0.3) is 5.91 Å². The number of likely N-dealkylation sites (tertiary alicyclic amines) is 1. The Hall–Kier alpha value is -2.03. The van der Waals surface area contributed by atoms with Gasteiger partial charge in [-0.05, 0) is 12.8 Å². The first kappa shape index (κ1) is 14.9.